The molecule has 80 valence electrons. The lowest BCUT2D eigenvalue weighted by Crippen LogP contribution is -2.12. The van der Waals surface area contributed by atoms with Crippen molar-refractivity contribution in [2.75, 3.05) is 0 Å². The second-order valence-corrected chi connectivity index (χ2v) is 3.11. The van der Waals surface area contributed by atoms with Gasteiger partial charge in [0.2, 0.25) is 0 Å². The molecule has 0 aliphatic heterocycles. The second kappa shape index (κ2) is 5.27. The molecule has 1 rings (SSSR count). The Bertz CT molecular complexity index is 315. The highest BCUT2D eigenvalue weighted by molar-refractivity contribution is 5.85. The summed E-state index contributed by atoms with van der Waals surface area (Å²) in [5.74, 6) is -1.60. The van der Waals surface area contributed by atoms with Gasteiger partial charge in [-0.3, -0.25) is 0 Å². The van der Waals surface area contributed by atoms with Crippen molar-refractivity contribution < 1.29 is 8.78 Å². The summed E-state index contributed by atoms with van der Waals surface area (Å²) in [6.45, 7) is 3.36. The smallest absolute Gasteiger partial charge is 0.163 e. The van der Waals surface area contributed by atoms with Crippen LogP contribution in [-0.4, -0.2) is 0 Å². The van der Waals surface area contributed by atoms with Crippen molar-refractivity contribution in [3.05, 3.63) is 34.9 Å². The molecule has 1 aromatic rings. The van der Waals surface area contributed by atoms with E-state index in [0.29, 0.717) is 12.0 Å². The van der Waals surface area contributed by atoms with Crippen LogP contribution in [0.2, 0.25) is 0 Å². The van der Waals surface area contributed by atoms with E-state index in [1.807, 2.05) is 6.92 Å². The molecule has 0 radical (unpaired) electrons. The molecule has 14 heavy (non-hydrogen) atoms. The predicted octanol–water partition coefficient (Wildman–Crippen LogP) is 3.10. The van der Waals surface area contributed by atoms with Crippen molar-refractivity contribution in [3.8, 4) is 0 Å². The van der Waals surface area contributed by atoms with E-state index in [1.165, 1.54) is 6.92 Å². The molecule has 0 aliphatic carbocycles. The van der Waals surface area contributed by atoms with Crippen molar-refractivity contribution in [1.82, 2.24) is 0 Å². The fourth-order valence-corrected chi connectivity index (χ4v) is 1.17. The van der Waals surface area contributed by atoms with Crippen LogP contribution in [0.5, 0.6) is 0 Å². The van der Waals surface area contributed by atoms with Gasteiger partial charge in [-0.2, -0.15) is 0 Å². The van der Waals surface area contributed by atoms with Gasteiger partial charge in [-0.05, 0) is 18.9 Å². The molecule has 0 spiro atoms. The maximum atomic E-state index is 13.2. The highest BCUT2D eigenvalue weighted by Crippen LogP contribution is 2.21. The monoisotopic (exact) mass is 221 g/mol. The summed E-state index contributed by atoms with van der Waals surface area (Å²) in [5.41, 5.74) is 6.17. The molecule has 1 nitrogen and oxygen atoms in total. The van der Waals surface area contributed by atoms with E-state index in [-0.39, 0.29) is 18.0 Å². The summed E-state index contributed by atoms with van der Waals surface area (Å²) >= 11 is 0. The van der Waals surface area contributed by atoms with E-state index in [2.05, 4.69) is 0 Å². The minimum atomic E-state index is -0.811. The third kappa shape index (κ3) is 2.42. The van der Waals surface area contributed by atoms with Crippen LogP contribution in [0, 0.1) is 18.6 Å². The number of nitrogens with two attached hydrogens (primary N) is 1. The molecule has 1 atom stereocenters. The minimum absolute atomic E-state index is 0. The fraction of sp³-hybridized carbons (Fsp3) is 0.400. The van der Waals surface area contributed by atoms with Crippen molar-refractivity contribution in [2.24, 2.45) is 5.73 Å². The molecular weight excluding hydrogens is 208 g/mol. The first-order chi connectivity index (χ1) is 6.07. The first-order valence-electron chi connectivity index (χ1n) is 4.28. The molecule has 0 heterocycles. The Morgan fingerprint density at radius 1 is 1.29 bits per heavy atom. The molecule has 0 amide bonds. The van der Waals surface area contributed by atoms with Crippen LogP contribution in [0.4, 0.5) is 8.78 Å². The molecule has 2 N–H and O–H groups in total. The zero-order valence-corrected chi connectivity index (χ0v) is 9.00. The van der Waals surface area contributed by atoms with Gasteiger partial charge < -0.3 is 5.73 Å². The maximum Gasteiger partial charge on any atom is 0.163 e. The van der Waals surface area contributed by atoms with Crippen LogP contribution in [0.25, 0.3) is 0 Å². The van der Waals surface area contributed by atoms with Crippen LogP contribution in [0.15, 0.2) is 12.1 Å². The van der Waals surface area contributed by atoms with Crippen LogP contribution in [0.1, 0.15) is 30.5 Å². The summed E-state index contributed by atoms with van der Waals surface area (Å²) in [7, 11) is 0. The Labute approximate surface area is 88.7 Å². The maximum absolute atomic E-state index is 13.2. The van der Waals surface area contributed by atoms with Gasteiger partial charge in [0, 0.05) is 11.6 Å². The van der Waals surface area contributed by atoms with Crippen molar-refractivity contribution in [2.45, 2.75) is 26.3 Å². The quantitative estimate of drug-likeness (QED) is 0.816. The summed E-state index contributed by atoms with van der Waals surface area (Å²) in [5, 5.41) is 0. The van der Waals surface area contributed by atoms with Crippen molar-refractivity contribution in [3.63, 3.8) is 0 Å². The molecule has 1 aromatic carbocycles. The summed E-state index contributed by atoms with van der Waals surface area (Å²) in [6.07, 6.45) is 0.597. The zero-order valence-electron chi connectivity index (χ0n) is 8.18. The van der Waals surface area contributed by atoms with E-state index >= 15 is 0 Å². The summed E-state index contributed by atoms with van der Waals surface area (Å²) < 4.78 is 26.3. The molecule has 0 unspecified atom stereocenters. The third-order valence-electron chi connectivity index (χ3n) is 2.14. The average Bonchev–Trinajstić information content (AvgIpc) is 2.13. The van der Waals surface area contributed by atoms with Gasteiger partial charge in [0.25, 0.3) is 0 Å². The lowest BCUT2D eigenvalue weighted by molar-refractivity contribution is 0.481. The largest absolute Gasteiger partial charge is 0.324 e. The molecule has 0 aliphatic rings. The normalized spacial score (nSPS) is 12.1. The van der Waals surface area contributed by atoms with E-state index < -0.39 is 17.7 Å². The van der Waals surface area contributed by atoms with E-state index in [9.17, 15) is 8.78 Å². The van der Waals surface area contributed by atoms with Gasteiger partial charge in [0.15, 0.2) is 11.6 Å². The van der Waals surface area contributed by atoms with E-state index in [1.54, 1.807) is 12.1 Å². The van der Waals surface area contributed by atoms with Crippen LogP contribution >= 0.6 is 12.4 Å². The predicted molar refractivity (Wildman–Crippen MR) is 55.6 cm³/mol. The molecule has 0 saturated heterocycles. The Kier molecular flexibility index (Phi) is 5.02. The molecule has 4 heteroatoms. The highest BCUT2D eigenvalue weighted by atomic mass is 35.5. The van der Waals surface area contributed by atoms with Crippen LogP contribution < -0.4 is 5.73 Å². The number of hydrogen-bond acceptors (Lipinski definition) is 1. The van der Waals surface area contributed by atoms with Crippen molar-refractivity contribution in [1.29, 1.82) is 0 Å². The Hall–Kier alpha value is -0.670. The highest BCUT2D eigenvalue weighted by Gasteiger charge is 2.14. The number of benzene rings is 1. The first kappa shape index (κ1) is 13.3. The number of halogens is 3. The topological polar surface area (TPSA) is 26.0 Å². The van der Waals surface area contributed by atoms with Gasteiger partial charge in [-0.1, -0.05) is 19.1 Å². The average molecular weight is 222 g/mol. The Morgan fingerprint density at radius 2 is 1.86 bits per heavy atom. The number of hydrogen-bond donors (Lipinski definition) is 1. The van der Waals surface area contributed by atoms with Gasteiger partial charge in [-0.15, -0.1) is 12.4 Å². The Morgan fingerprint density at radius 3 is 2.36 bits per heavy atom. The fourth-order valence-electron chi connectivity index (χ4n) is 1.17. The zero-order chi connectivity index (χ0) is 10.0. The molecule has 0 aromatic heterocycles. The van der Waals surface area contributed by atoms with Gasteiger partial charge >= 0.3 is 0 Å². The molecule has 0 fully saturated rings. The van der Waals surface area contributed by atoms with E-state index in [0.717, 1.165) is 0 Å². The standard InChI is InChI=1S/C10H13F2N.ClH/c1-3-8(13)7-5-4-6(2)9(11)10(7)12;/h4-5,8H,3,13H2,1-2H3;1H/t8-;/m1./s1. The van der Waals surface area contributed by atoms with E-state index in [4.69, 9.17) is 5.73 Å². The molecule has 0 bridgehead atoms. The molecule has 0 saturated carbocycles. The first-order valence-corrected chi connectivity index (χ1v) is 4.28. The number of rotatable bonds is 2. The summed E-state index contributed by atoms with van der Waals surface area (Å²) in [6, 6.07) is 2.67. The van der Waals surface area contributed by atoms with Crippen LogP contribution in [-0.2, 0) is 0 Å². The summed E-state index contributed by atoms with van der Waals surface area (Å²) in [4.78, 5) is 0. The van der Waals surface area contributed by atoms with Gasteiger partial charge in [0.1, 0.15) is 0 Å². The third-order valence-corrected chi connectivity index (χ3v) is 2.14. The van der Waals surface area contributed by atoms with Gasteiger partial charge in [-0.25, -0.2) is 8.78 Å². The minimum Gasteiger partial charge on any atom is -0.324 e. The SMILES string of the molecule is CC[C@@H](N)c1ccc(C)c(F)c1F.Cl. The molecular formula is C10H14ClF2N. The van der Waals surface area contributed by atoms with Crippen LogP contribution in [0.3, 0.4) is 0 Å². The lowest BCUT2D eigenvalue weighted by atomic mass is 10.0. The number of aryl methyl sites for hydroxylation is 1. The Balaban J connectivity index is 0.00000169. The van der Waals surface area contributed by atoms with Crippen molar-refractivity contribution >= 4 is 12.4 Å². The van der Waals surface area contributed by atoms with Gasteiger partial charge in [0.05, 0.1) is 0 Å². The lowest BCUT2D eigenvalue weighted by Gasteiger charge is -2.11. The second-order valence-electron chi connectivity index (χ2n) is 3.11.